The van der Waals surface area contributed by atoms with Gasteiger partial charge in [-0.25, -0.2) is 4.39 Å². The molecule has 190 valence electrons. The van der Waals surface area contributed by atoms with Crippen molar-refractivity contribution in [3.8, 4) is 0 Å². The smallest absolute Gasteiger partial charge is 0.243 e. The summed E-state index contributed by atoms with van der Waals surface area (Å²) in [6, 6.07) is 23.2. The van der Waals surface area contributed by atoms with Crippen molar-refractivity contribution >= 4 is 39.5 Å². The molecule has 0 spiro atoms. The fourth-order valence-electron chi connectivity index (χ4n) is 3.71. The van der Waals surface area contributed by atoms with Crippen LogP contribution in [0.15, 0.2) is 83.3 Å². The van der Waals surface area contributed by atoms with Crippen molar-refractivity contribution < 1.29 is 14.0 Å². The molecule has 0 unspecified atom stereocenters. The molecule has 0 aliphatic carbocycles. The lowest BCUT2D eigenvalue weighted by atomic mass is 10.0. The summed E-state index contributed by atoms with van der Waals surface area (Å²) in [7, 11) is 0. The van der Waals surface area contributed by atoms with Gasteiger partial charge in [-0.1, -0.05) is 70.5 Å². The second-order valence-electron chi connectivity index (χ2n) is 9.71. The van der Waals surface area contributed by atoms with E-state index >= 15 is 0 Å². The highest BCUT2D eigenvalue weighted by Gasteiger charge is 2.32. The zero-order valence-corrected chi connectivity index (χ0v) is 23.2. The number of amides is 2. The van der Waals surface area contributed by atoms with Crippen molar-refractivity contribution in [2.45, 2.75) is 51.1 Å². The largest absolute Gasteiger partial charge is 0.350 e. The number of benzene rings is 3. The Labute approximate surface area is 225 Å². The summed E-state index contributed by atoms with van der Waals surface area (Å²) in [6.45, 7) is 6.12. The molecule has 0 saturated heterocycles. The van der Waals surface area contributed by atoms with E-state index in [0.717, 1.165) is 21.2 Å². The van der Waals surface area contributed by atoms with Crippen LogP contribution in [0.2, 0.25) is 0 Å². The van der Waals surface area contributed by atoms with Crippen molar-refractivity contribution in [3.05, 3.63) is 106 Å². The second kappa shape index (κ2) is 13.1. The Hall–Kier alpha value is -2.64. The standard InChI is InChI=1S/C29H32BrFN2O2S/c1-29(2,3)32-28(35)26(17-21-7-5-4-6-8-21)33(18-22-9-13-24(30)14-10-22)27(34)20-36-19-23-11-15-25(31)16-12-23/h4-16,26H,17-20H2,1-3H3,(H,32,35)/t26-/m1/s1. The van der Waals surface area contributed by atoms with E-state index in [4.69, 9.17) is 0 Å². The molecule has 0 heterocycles. The molecule has 0 aliphatic heterocycles. The maximum absolute atomic E-state index is 13.6. The maximum Gasteiger partial charge on any atom is 0.243 e. The third-order valence-electron chi connectivity index (χ3n) is 5.44. The number of thioether (sulfide) groups is 1. The van der Waals surface area contributed by atoms with Crippen LogP contribution < -0.4 is 5.32 Å². The molecular formula is C29H32BrFN2O2S. The SMILES string of the molecule is CC(C)(C)NC(=O)[C@@H](Cc1ccccc1)N(Cc1ccc(Br)cc1)C(=O)CSCc1ccc(F)cc1. The average Bonchev–Trinajstić information content (AvgIpc) is 2.83. The van der Waals surface area contributed by atoms with Gasteiger partial charge in [0.2, 0.25) is 11.8 Å². The molecule has 0 fully saturated rings. The van der Waals surface area contributed by atoms with Crippen LogP contribution in [0.3, 0.4) is 0 Å². The molecule has 7 heteroatoms. The van der Waals surface area contributed by atoms with Gasteiger partial charge in [0.15, 0.2) is 0 Å². The van der Waals surface area contributed by atoms with Gasteiger partial charge in [0, 0.05) is 28.7 Å². The molecule has 0 saturated carbocycles. The molecule has 36 heavy (non-hydrogen) atoms. The van der Waals surface area contributed by atoms with Crippen molar-refractivity contribution in [2.24, 2.45) is 0 Å². The summed E-state index contributed by atoms with van der Waals surface area (Å²) in [5, 5.41) is 3.07. The number of carbonyl (C=O) groups excluding carboxylic acids is 2. The van der Waals surface area contributed by atoms with Crippen molar-refractivity contribution in [1.29, 1.82) is 0 Å². The third kappa shape index (κ3) is 9.10. The molecular weight excluding hydrogens is 539 g/mol. The molecule has 0 aliphatic rings. The summed E-state index contributed by atoms with van der Waals surface area (Å²) in [6.07, 6.45) is 0.410. The van der Waals surface area contributed by atoms with Crippen molar-refractivity contribution in [3.63, 3.8) is 0 Å². The zero-order valence-electron chi connectivity index (χ0n) is 20.8. The molecule has 0 aromatic heterocycles. The van der Waals surface area contributed by atoms with Crippen LogP contribution in [0.5, 0.6) is 0 Å². The summed E-state index contributed by atoms with van der Waals surface area (Å²) in [4.78, 5) is 28.8. The fraction of sp³-hybridized carbons (Fsp3) is 0.310. The van der Waals surface area contributed by atoms with Gasteiger partial charge in [-0.2, -0.15) is 0 Å². The van der Waals surface area contributed by atoms with E-state index in [1.807, 2.05) is 75.4 Å². The minimum absolute atomic E-state index is 0.116. The second-order valence-corrected chi connectivity index (χ2v) is 11.6. The lowest BCUT2D eigenvalue weighted by Gasteiger charge is -2.34. The third-order valence-corrected chi connectivity index (χ3v) is 6.96. The number of rotatable bonds is 10. The van der Waals surface area contributed by atoms with Gasteiger partial charge >= 0.3 is 0 Å². The molecule has 0 radical (unpaired) electrons. The van der Waals surface area contributed by atoms with E-state index in [-0.39, 0.29) is 23.4 Å². The molecule has 3 rings (SSSR count). The van der Waals surface area contributed by atoms with Crippen molar-refractivity contribution in [1.82, 2.24) is 10.2 Å². The fourth-order valence-corrected chi connectivity index (χ4v) is 4.85. The lowest BCUT2D eigenvalue weighted by Crippen LogP contribution is -2.54. The lowest BCUT2D eigenvalue weighted by molar-refractivity contribution is -0.140. The topological polar surface area (TPSA) is 49.4 Å². The summed E-state index contributed by atoms with van der Waals surface area (Å²) in [5.41, 5.74) is 2.44. The quantitative estimate of drug-likeness (QED) is 0.308. The number of carbonyl (C=O) groups is 2. The van der Waals surface area contributed by atoms with Gasteiger partial charge < -0.3 is 10.2 Å². The maximum atomic E-state index is 13.6. The highest BCUT2D eigenvalue weighted by Crippen LogP contribution is 2.20. The van der Waals surface area contributed by atoms with Gasteiger partial charge in [0.1, 0.15) is 11.9 Å². The van der Waals surface area contributed by atoms with E-state index in [1.54, 1.807) is 17.0 Å². The van der Waals surface area contributed by atoms with Gasteiger partial charge in [-0.3, -0.25) is 9.59 Å². The molecule has 3 aromatic rings. The Morgan fingerprint density at radius 1 is 0.917 bits per heavy atom. The molecule has 2 amide bonds. The zero-order chi connectivity index (χ0) is 26.1. The van der Waals surface area contributed by atoms with Crippen LogP contribution in [-0.4, -0.2) is 34.0 Å². The van der Waals surface area contributed by atoms with Crippen molar-refractivity contribution in [2.75, 3.05) is 5.75 Å². The van der Waals surface area contributed by atoms with Gasteiger partial charge in [0.05, 0.1) is 5.75 Å². The molecule has 3 aromatic carbocycles. The Kier molecular flexibility index (Phi) is 10.1. The predicted molar refractivity (Wildman–Crippen MR) is 149 cm³/mol. The Morgan fingerprint density at radius 2 is 1.53 bits per heavy atom. The highest BCUT2D eigenvalue weighted by molar-refractivity contribution is 9.10. The number of nitrogens with one attached hydrogen (secondary N) is 1. The monoisotopic (exact) mass is 570 g/mol. The Bertz CT molecular complexity index is 1130. The summed E-state index contributed by atoms with van der Waals surface area (Å²) < 4.78 is 14.2. The van der Waals surface area contributed by atoms with Gasteiger partial charge in [0.25, 0.3) is 0 Å². The molecule has 0 bridgehead atoms. The van der Waals surface area contributed by atoms with Gasteiger partial charge in [-0.15, -0.1) is 11.8 Å². The van der Waals surface area contributed by atoms with Gasteiger partial charge in [-0.05, 0) is 61.7 Å². The number of halogens is 2. The first-order valence-electron chi connectivity index (χ1n) is 11.8. The van der Waals surface area contributed by atoms with Crippen LogP contribution in [0.4, 0.5) is 4.39 Å². The van der Waals surface area contributed by atoms with Crippen LogP contribution in [0, 0.1) is 5.82 Å². The minimum atomic E-state index is -0.672. The number of nitrogens with zero attached hydrogens (tertiary/aromatic N) is 1. The van der Waals surface area contributed by atoms with E-state index in [9.17, 15) is 14.0 Å². The first-order valence-corrected chi connectivity index (χ1v) is 13.8. The predicted octanol–water partition coefficient (Wildman–Crippen LogP) is 6.38. The van der Waals surface area contributed by atoms with Crippen LogP contribution in [-0.2, 0) is 28.3 Å². The Balaban J connectivity index is 1.85. The normalized spacial score (nSPS) is 12.1. The van der Waals surface area contributed by atoms with Crippen LogP contribution in [0.25, 0.3) is 0 Å². The summed E-state index contributed by atoms with van der Waals surface area (Å²) >= 11 is 4.92. The Morgan fingerprint density at radius 3 is 2.14 bits per heavy atom. The van der Waals surface area contributed by atoms with E-state index < -0.39 is 11.6 Å². The minimum Gasteiger partial charge on any atom is -0.350 e. The van der Waals surface area contributed by atoms with E-state index in [1.165, 1.54) is 23.9 Å². The number of hydrogen-bond acceptors (Lipinski definition) is 3. The summed E-state index contributed by atoms with van der Waals surface area (Å²) in [5.74, 6) is 0.210. The van der Waals surface area contributed by atoms with Crippen LogP contribution in [0.1, 0.15) is 37.5 Å². The van der Waals surface area contributed by atoms with E-state index in [2.05, 4.69) is 21.2 Å². The molecule has 1 N–H and O–H groups in total. The molecule has 1 atom stereocenters. The first-order chi connectivity index (χ1) is 17.1. The number of hydrogen-bond donors (Lipinski definition) is 1. The van der Waals surface area contributed by atoms with Crippen LogP contribution >= 0.6 is 27.7 Å². The average molecular weight is 572 g/mol. The highest BCUT2D eigenvalue weighted by atomic mass is 79.9. The van der Waals surface area contributed by atoms with E-state index in [0.29, 0.717) is 18.7 Å². The molecule has 4 nitrogen and oxygen atoms in total. The first kappa shape index (κ1) is 27.9.